The lowest BCUT2D eigenvalue weighted by atomic mass is 9.77. The number of hydrogen-bond donors (Lipinski definition) is 1. The summed E-state index contributed by atoms with van der Waals surface area (Å²) in [5, 5.41) is 14.0. The van der Waals surface area contributed by atoms with Gasteiger partial charge < -0.3 is 14.7 Å². The lowest BCUT2D eigenvalue weighted by molar-refractivity contribution is -0.136. The number of amides is 1. The largest absolute Gasteiger partial charge is 0.396 e. The number of carbonyl (C=O) groups excluding carboxylic acids is 1. The number of piperidine rings is 1. The van der Waals surface area contributed by atoms with Crippen LogP contribution in [0.15, 0.2) is 12.4 Å². The maximum absolute atomic E-state index is 12.5. The summed E-state index contributed by atoms with van der Waals surface area (Å²) in [6, 6.07) is 0. The molecule has 1 fully saturated rings. The second-order valence-electron chi connectivity index (χ2n) is 6.39. The third-order valence-corrected chi connectivity index (χ3v) is 4.46. The van der Waals surface area contributed by atoms with E-state index in [4.69, 9.17) is 4.74 Å². The lowest BCUT2D eigenvalue weighted by Crippen LogP contribution is -2.48. The molecule has 1 aromatic rings. The Labute approximate surface area is 132 Å². The number of aryl methyl sites for hydroxylation is 1. The predicted molar refractivity (Wildman–Crippen MR) is 83.4 cm³/mol. The molecule has 0 saturated carbocycles. The number of hydrogen-bond acceptors (Lipinski definition) is 4. The third kappa shape index (κ3) is 4.30. The van der Waals surface area contributed by atoms with Crippen LogP contribution in [0, 0.1) is 12.3 Å². The number of aromatic nitrogens is 2. The fourth-order valence-corrected chi connectivity index (χ4v) is 3.22. The summed E-state index contributed by atoms with van der Waals surface area (Å²) in [6.45, 7) is 4.45. The average Bonchev–Trinajstić information content (AvgIpc) is 2.93. The van der Waals surface area contributed by atoms with E-state index in [0.29, 0.717) is 13.2 Å². The molecule has 0 bridgehead atoms. The molecule has 1 saturated heterocycles. The van der Waals surface area contributed by atoms with Crippen molar-refractivity contribution in [1.29, 1.82) is 0 Å². The third-order valence-electron chi connectivity index (χ3n) is 4.46. The van der Waals surface area contributed by atoms with E-state index in [2.05, 4.69) is 5.10 Å². The molecule has 1 aromatic heterocycles. The Balaban J connectivity index is 1.94. The Kier molecular flexibility index (Phi) is 5.97. The highest BCUT2D eigenvalue weighted by atomic mass is 16.5. The van der Waals surface area contributed by atoms with Crippen molar-refractivity contribution >= 4 is 5.91 Å². The predicted octanol–water partition coefficient (Wildman–Crippen LogP) is 1.22. The van der Waals surface area contributed by atoms with Gasteiger partial charge in [-0.05, 0) is 38.2 Å². The molecule has 1 N–H and O–H groups in total. The van der Waals surface area contributed by atoms with E-state index in [1.54, 1.807) is 18.0 Å². The van der Waals surface area contributed by atoms with Crippen molar-refractivity contribution in [3.05, 3.63) is 18.0 Å². The summed E-state index contributed by atoms with van der Waals surface area (Å²) in [5.41, 5.74) is 0.877. The first-order valence-corrected chi connectivity index (χ1v) is 7.95. The number of methoxy groups -OCH3 is 1. The van der Waals surface area contributed by atoms with Crippen LogP contribution in [0.1, 0.15) is 31.2 Å². The number of carbonyl (C=O) groups is 1. The minimum Gasteiger partial charge on any atom is -0.396 e. The summed E-state index contributed by atoms with van der Waals surface area (Å²) < 4.78 is 6.78. The van der Waals surface area contributed by atoms with Crippen molar-refractivity contribution < 1.29 is 14.6 Å². The fraction of sp³-hybridized carbons (Fsp3) is 0.750. The summed E-state index contributed by atoms with van der Waals surface area (Å²) >= 11 is 0. The highest BCUT2D eigenvalue weighted by Gasteiger charge is 2.36. The molecule has 1 amide bonds. The van der Waals surface area contributed by atoms with Crippen LogP contribution in [0.2, 0.25) is 0 Å². The molecule has 22 heavy (non-hydrogen) atoms. The number of aliphatic hydroxyl groups is 1. The number of rotatable bonds is 7. The van der Waals surface area contributed by atoms with Crippen molar-refractivity contribution in [3.63, 3.8) is 0 Å². The Morgan fingerprint density at radius 3 is 3.00 bits per heavy atom. The van der Waals surface area contributed by atoms with Crippen molar-refractivity contribution in [2.24, 2.45) is 5.41 Å². The van der Waals surface area contributed by atoms with E-state index in [-0.39, 0.29) is 24.5 Å². The second-order valence-corrected chi connectivity index (χ2v) is 6.39. The van der Waals surface area contributed by atoms with Gasteiger partial charge in [0.25, 0.3) is 0 Å². The lowest BCUT2D eigenvalue weighted by Gasteiger charge is -2.42. The molecule has 124 valence electrons. The highest BCUT2D eigenvalue weighted by Crippen LogP contribution is 2.34. The second kappa shape index (κ2) is 7.74. The molecule has 2 rings (SSSR count). The minimum atomic E-state index is -0.174. The standard InChI is InChI=1S/C16H27N3O3/c1-14-9-17-19(10-14)11-15(21)18-7-3-5-16(12-18,13-20)6-4-8-22-2/h9-10,20H,3-8,11-13H2,1-2H3. The first-order chi connectivity index (χ1) is 10.6. The summed E-state index contributed by atoms with van der Waals surface area (Å²) in [7, 11) is 1.69. The fourth-order valence-electron chi connectivity index (χ4n) is 3.22. The van der Waals surface area contributed by atoms with E-state index in [0.717, 1.165) is 37.8 Å². The van der Waals surface area contributed by atoms with Gasteiger partial charge in [0.2, 0.25) is 5.91 Å². The SMILES string of the molecule is COCCCC1(CO)CCCN(C(=O)Cn2cc(C)cn2)C1. The first kappa shape index (κ1) is 17.0. The van der Waals surface area contributed by atoms with Gasteiger partial charge in [0.1, 0.15) is 6.54 Å². The van der Waals surface area contributed by atoms with Gasteiger partial charge in [0.05, 0.1) is 12.8 Å². The molecule has 6 heteroatoms. The van der Waals surface area contributed by atoms with Crippen molar-refractivity contribution in [3.8, 4) is 0 Å². The monoisotopic (exact) mass is 309 g/mol. The van der Waals surface area contributed by atoms with Crippen molar-refractivity contribution in [2.75, 3.05) is 33.4 Å². The quantitative estimate of drug-likeness (QED) is 0.769. The molecule has 2 heterocycles. The van der Waals surface area contributed by atoms with Gasteiger partial charge in [-0.3, -0.25) is 9.48 Å². The molecule has 1 unspecified atom stereocenters. The summed E-state index contributed by atoms with van der Waals surface area (Å²) in [5.74, 6) is 0.0763. The van der Waals surface area contributed by atoms with Crippen LogP contribution in [0.3, 0.4) is 0 Å². The summed E-state index contributed by atoms with van der Waals surface area (Å²) in [6.07, 6.45) is 7.35. The number of aliphatic hydroxyl groups excluding tert-OH is 1. The van der Waals surface area contributed by atoms with Gasteiger partial charge in [-0.25, -0.2) is 0 Å². The van der Waals surface area contributed by atoms with Gasteiger partial charge in [-0.15, -0.1) is 0 Å². The molecular formula is C16H27N3O3. The molecular weight excluding hydrogens is 282 g/mol. The topological polar surface area (TPSA) is 67.6 Å². The van der Waals surface area contributed by atoms with Gasteiger partial charge >= 0.3 is 0 Å². The van der Waals surface area contributed by atoms with E-state index in [1.807, 2.05) is 18.0 Å². The van der Waals surface area contributed by atoms with Gasteiger partial charge in [0, 0.05) is 38.4 Å². The van der Waals surface area contributed by atoms with Crippen LogP contribution in [-0.4, -0.2) is 59.1 Å². The maximum atomic E-state index is 12.5. The highest BCUT2D eigenvalue weighted by molar-refractivity contribution is 5.76. The molecule has 6 nitrogen and oxygen atoms in total. The zero-order valence-electron chi connectivity index (χ0n) is 13.6. The smallest absolute Gasteiger partial charge is 0.244 e. The molecule has 1 aliphatic rings. The normalized spacial score (nSPS) is 22.0. The molecule has 0 aromatic carbocycles. The Morgan fingerprint density at radius 2 is 2.36 bits per heavy atom. The van der Waals surface area contributed by atoms with Crippen molar-refractivity contribution in [2.45, 2.75) is 39.2 Å². The van der Waals surface area contributed by atoms with Crippen LogP contribution in [0.25, 0.3) is 0 Å². The van der Waals surface area contributed by atoms with Gasteiger partial charge in [0.15, 0.2) is 0 Å². The zero-order chi connectivity index (χ0) is 16.0. The Morgan fingerprint density at radius 1 is 1.55 bits per heavy atom. The van der Waals surface area contributed by atoms with Gasteiger partial charge in [-0.2, -0.15) is 5.10 Å². The Bertz CT molecular complexity index is 489. The molecule has 1 atom stereocenters. The van der Waals surface area contributed by atoms with E-state index in [9.17, 15) is 9.90 Å². The molecule has 1 aliphatic heterocycles. The van der Waals surface area contributed by atoms with Crippen LogP contribution < -0.4 is 0 Å². The van der Waals surface area contributed by atoms with Crippen LogP contribution in [0.5, 0.6) is 0 Å². The van der Waals surface area contributed by atoms with Gasteiger partial charge in [-0.1, -0.05) is 0 Å². The van der Waals surface area contributed by atoms with E-state index in [1.165, 1.54) is 0 Å². The molecule has 0 radical (unpaired) electrons. The van der Waals surface area contributed by atoms with Crippen LogP contribution in [0.4, 0.5) is 0 Å². The number of nitrogens with zero attached hydrogens (tertiary/aromatic N) is 3. The molecule has 0 spiro atoms. The van der Waals surface area contributed by atoms with Crippen LogP contribution >= 0.6 is 0 Å². The Hall–Kier alpha value is -1.40. The summed E-state index contributed by atoms with van der Waals surface area (Å²) in [4.78, 5) is 14.3. The number of ether oxygens (including phenoxy) is 1. The average molecular weight is 309 g/mol. The zero-order valence-corrected chi connectivity index (χ0v) is 13.6. The van der Waals surface area contributed by atoms with E-state index >= 15 is 0 Å². The maximum Gasteiger partial charge on any atom is 0.244 e. The minimum absolute atomic E-state index is 0.0763. The van der Waals surface area contributed by atoms with Crippen LogP contribution in [-0.2, 0) is 16.1 Å². The molecule has 0 aliphatic carbocycles. The number of likely N-dealkylation sites (tertiary alicyclic amines) is 1. The first-order valence-electron chi connectivity index (χ1n) is 7.95. The van der Waals surface area contributed by atoms with Crippen molar-refractivity contribution in [1.82, 2.24) is 14.7 Å². The van der Waals surface area contributed by atoms with E-state index < -0.39 is 0 Å².